The number of aromatic nitrogens is 1. The third kappa shape index (κ3) is 5.56. The fourth-order valence-corrected chi connectivity index (χ4v) is 2.15. The maximum absolute atomic E-state index is 13.5. The molecule has 6 nitrogen and oxygen atoms in total. The number of hydrogen-bond donors (Lipinski definition) is 2. The molecule has 1 heterocycles. The predicted octanol–water partition coefficient (Wildman–Crippen LogP) is 1.96. The van der Waals surface area contributed by atoms with Crippen LogP contribution in [0.5, 0.6) is 0 Å². The summed E-state index contributed by atoms with van der Waals surface area (Å²) in [5.41, 5.74) is 1.58. The molecule has 25 heavy (non-hydrogen) atoms. The number of rotatable bonds is 6. The molecule has 0 radical (unpaired) electrons. The van der Waals surface area contributed by atoms with E-state index in [1.54, 1.807) is 44.4 Å². The Morgan fingerprint density at radius 1 is 1.16 bits per heavy atom. The molecule has 2 aromatic rings. The summed E-state index contributed by atoms with van der Waals surface area (Å²) >= 11 is 0. The van der Waals surface area contributed by atoms with E-state index in [9.17, 15) is 14.0 Å². The summed E-state index contributed by atoms with van der Waals surface area (Å²) in [5.74, 6) is -0.543. The fraction of sp³-hybridized carbons (Fsp3) is 0.278. The molecule has 3 amide bonds. The Balaban J connectivity index is 1.88. The summed E-state index contributed by atoms with van der Waals surface area (Å²) in [6.45, 7) is 0.558. The molecule has 0 spiro atoms. The number of hydrogen-bond acceptors (Lipinski definition) is 3. The van der Waals surface area contributed by atoms with E-state index in [1.807, 2.05) is 0 Å². The molecular weight excluding hydrogens is 323 g/mol. The number of amides is 3. The van der Waals surface area contributed by atoms with E-state index in [0.717, 1.165) is 0 Å². The van der Waals surface area contributed by atoms with Crippen LogP contribution in [0.15, 0.2) is 42.6 Å². The zero-order chi connectivity index (χ0) is 18.2. The zero-order valence-corrected chi connectivity index (χ0v) is 14.3. The number of carbonyl (C=O) groups is 2. The van der Waals surface area contributed by atoms with Crippen LogP contribution in [0.1, 0.15) is 21.6 Å². The van der Waals surface area contributed by atoms with Gasteiger partial charge in [0.2, 0.25) is 0 Å². The predicted molar refractivity (Wildman–Crippen MR) is 92.6 cm³/mol. The Morgan fingerprint density at radius 2 is 1.92 bits per heavy atom. The molecule has 2 rings (SSSR count). The molecule has 1 aromatic heterocycles. The van der Waals surface area contributed by atoms with Crippen LogP contribution in [0.4, 0.5) is 9.18 Å². The third-order valence-corrected chi connectivity index (χ3v) is 3.54. The molecule has 1 aromatic carbocycles. The molecule has 0 aliphatic rings. The van der Waals surface area contributed by atoms with Crippen molar-refractivity contribution >= 4 is 11.9 Å². The van der Waals surface area contributed by atoms with E-state index >= 15 is 0 Å². The van der Waals surface area contributed by atoms with Crippen LogP contribution in [0.3, 0.4) is 0 Å². The number of pyridine rings is 1. The van der Waals surface area contributed by atoms with Crippen molar-refractivity contribution in [3.63, 3.8) is 0 Å². The first-order chi connectivity index (χ1) is 12.0. The van der Waals surface area contributed by atoms with Gasteiger partial charge >= 0.3 is 6.03 Å². The van der Waals surface area contributed by atoms with Gasteiger partial charge in [0.1, 0.15) is 5.82 Å². The highest BCUT2D eigenvalue weighted by molar-refractivity contribution is 5.94. The van der Waals surface area contributed by atoms with Crippen LogP contribution in [-0.2, 0) is 13.0 Å². The second-order valence-corrected chi connectivity index (χ2v) is 5.69. The highest BCUT2D eigenvalue weighted by Crippen LogP contribution is 2.07. The molecule has 132 valence electrons. The van der Waals surface area contributed by atoms with Crippen molar-refractivity contribution in [2.75, 3.05) is 20.6 Å². The maximum Gasteiger partial charge on any atom is 0.317 e. The highest BCUT2D eigenvalue weighted by Gasteiger charge is 2.09. The topological polar surface area (TPSA) is 74.3 Å². The van der Waals surface area contributed by atoms with E-state index in [1.165, 1.54) is 17.2 Å². The van der Waals surface area contributed by atoms with Crippen molar-refractivity contribution in [1.82, 2.24) is 20.5 Å². The summed E-state index contributed by atoms with van der Waals surface area (Å²) in [4.78, 5) is 29.3. The Kier molecular flexibility index (Phi) is 6.45. The van der Waals surface area contributed by atoms with Gasteiger partial charge in [0.15, 0.2) is 0 Å². The van der Waals surface area contributed by atoms with Crippen LogP contribution in [-0.4, -0.2) is 42.5 Å². The van der Waals surface area contributed by atoms with Crippen molar-refractivity contribution in [2.24, 2.45) is 0 Å². The third-order valence-electron chi connectivity index (χ3n) is 3.54. The molecule has 0 unspecified atom stereocenters. The normalized spacial score (nSPS) is 10.2. The number of nitrogens with one attached hydrogen (secondary N) is 2. The summed E-state index contributed by atoms with van der Waals surface area (Å²) in [5, 5.41) is 5.44. The van der Waals surface area contributed by atoms with E-state index in [2.05, 4.69) is 15.6 Å². The highest BCUT2D eigenvalue weighted by atomic mass is 19.1. The lowest BCUT2D eigenvalue weighted by Crippen LogP contribution is -2.34. The van der Waals surface area contributed by atoms with Gasteiger partial charge in [0.05, 0.1) is 12.2 Å². The van der Waals surface area contributed by atoms with Crippen molar-refractivity contribution in [3.8, 4) is 0 Å². The van der Waals surface area contributed by atoms with Crippen LogP contribution >= 0.6 is 0 Å². The van der Waals surface area contributed by atoms with E-state index in [4.69, 9.17) is 0 Å². The molecule has 0 aliphatic heterocycles. The lowest BCUT2D eigenvalue weighted by molar-refractivity contribution is 0.0953. The van der Waals surface area contributed by atoms with Crippen LogP contribution in [0.2, 0.25) is 0 Å². The van der Waals surface area contributed by atoms with Crippen molar-refractivity contribution in [2.45, 2.75) is 13.0 Å². The zero-order valence-electron chi connectivity index (χ0n) is 14.3. The van der Waals surface area contributed by atoms with Gasteiger partial charge in [-0.1, -0.05) is 18.2 Å². The molecule has 0 bridgehead atoms. The van der Waals surface area contributed by atoms with E-state index in [-0.39, 0.29) is 24.3 Å². The number of nitrogens with zero attached hydrogens (tertiary/aromatic N) is 2. The van der Waals surface area contributed by atoms with Gasteiger partial charge < -0.3 is 15.5 Å². The molecule has 0 fully saturated rings. The van der Waals surface area contributed by atoms with Gasteiger partial charge in [-0.3, -0.25) is 9.78 Å². The molecule has 7 heteroatoms. The van der Waals surface area contributed by atoms with Crippen molar-refractivity contribution in [1.29, 1.82) is 0 Å². The standard InChI is InChI=1S/C18H21FN4O2/c1-23(2)18(25)22-12-15-11-14(8-9-20-15)17(24)21-10-7-13-5-3-4-6-16(13)19/h3-6,8-9,11H,7,10,12H2,1-2H3,(H,21,24)(H,22,25). The SMILES string of the molecule is CN(C)C(=O)NCc1cc(C(=O)NCCc2ccccc2F)ccn1. The minimum Gasteiger partial charge on any atom is -0.352 e. The molecule has 2 N–H and O–H groups in total. The monoisotopic (exact) mass is 344 g/mol. The van der Waals surface area contributed by atoms with Gasteiger partial charge in [-0.15, -0.1) is 0 Å². The van der Waals surface area contributed by atoms with Gasteiger partial charge in [0.25, 0.3) is 5.91 Å². The number of carbonyl (C=O) groups excluding carboxylic acids is 2. The Morgan fingerprint density at radius 3 is 2.64 bits per heavy atom. The Hall–Kier alpha value is -2.96. The first-order valence-electron chi connectivity index (χ1n) is 7.89. The number of urea groups is 1. The summed E-state index contributed by atoms with van der Waals surface area (Å²) in [6.07, 6.45) is 1.93. The Labute approximate surface area is 146 Å². The van der Waals surface area contributed by atoms with Crippen LogP contribution in [0.25, 0.3) is 0 Å². The molecular formula is C18H21FN4O2. The lowest BCUT2D eigenvalue weighted by Gasteiger charge is -2.12. The van der Waals surface area contributed by atoms with Gasteiger partial charge in [-0.05, 0) is 30.2 Å². The lowest BCUT2D eigenvalue weighted by atomic mass is 10.1. The largest absolute Gasteiger partial charge is 0.352 e. The minimum atomic E-state index is -0.278. The fourth-order valence-electron chi connectivity index (χ4n) is 2.15. The van der Waals surface area contributed by atoms with E-state index < -0.39 is 0 Å². The molecule has 0 aliphatic carbocycles. The van der Waals surface area contributed by atoms with Gasteiger partial charge in [0, 0.05) is 32.4 Å². The van der Waals surface area contributed by atoms with Crippen molar-refractivity contribution < 1.29 is 14.0 Å². The molecule has 0 saturated carbocycles. The second kappa shape index (κ2) is 8.77. The molecule has 0 saturated heterocycles. The number of halogens is 1. The summed E-state index contributed by atoms with van der Waals surface area (Å²) in [6, 6.07) is 9.46. The van der Waals surface area contributed by atoms with Gasteiger partial charge in [-0.2, -0.15) is 0 Å². The summed E-state index contributed by atoms with van der Waals surface area (Å²) < 4.78 is 13.5. The average molecular weight is 344 g/mol. The maximum atomic E-state index is 13.5. The first-order valence-corrected chi connectivity index (χ1v) is 7.89. The second-order valence-electron chi connectivity index (χ2n) is 5.69. The Bertz CT molecular complexity index is 749. The van der Waals surface area contributed by atoms with Gasteiger partial charge in [-0.25, -0.2) is 9.18 Å². The average Bonchev–Trinajstić information content (AvgIpc) is 2.61. The first kappa shape index (κ1) is 18.4. The van der Waals surface area contributed by atoms with Crippen LogP contribution < -0.4 is 10.6 Å². The smallest absolute Gasteiger partial charge is 0.317 e. The minimum absolute atomic E-state index is 0.230. The quantitative estimate of drug-likeness (QED) is 0.841. The van der Waals surface area contributed by atoms with E-state index in [0.29, 0.717) is 29.8 Å². The molecule has 0 atom stereocenters. The summed E-state index contributed by atoms with van der Waals surface area (Å²) in [7, 11) is 3.28. The van der Waals surface area contributed by atoms with Crippen LogP contribution in [0, 0.1) is 5.82 Å². The number of benzene rings is 1. The van der Waals surface area contributed by atoms with Crippen molar-refractivity contribution in [3.05, 3.63) is 65.2 Å².